The van der Waals surface area contributed by atoms with Crippen LogP contribution in [0.2, 0.25) is 0 Å². The van der Waals surface area contributed by atoms with Gasteiger partial charge in [-0.2, -0.15) is 13.2 Å². The molecule has 0 aromatic heterocycles. The number of benzene rings is 1. The highest BCUT2D eigenvalue weighted by Crippen LogP contribution is 2.34. The Balaban J connectivity index is 1.41. The van der Waals surface area contributed by atoms with Gasteiger partial charge >= 0.3 is 6.18 Å². The van der Waals surface area contributed by atoms with Gasteiger partial charge in [-0.1, -0.05) is 37.5 Å². The summed E-state index contributed by atoms with van der Waals surface area (Å²) in [4.78, 5) is 44.6. The van der Waals surface area contributed by atoms with Gasteiger partial charge in [-0.3, -0.25) is 19.3 Å². The number of nitrogens with zero attached hydrogens (tertiary/aromatic N) is 2. The monoisotopic (exact) mass is 609 g/mol. The second kappa shape index (κ2) is 13.4. The Morgan fingerprint density at radius 2 is 1.84 bits per heavy atom. The minimum atomic E-state index is -4.95. The number of nitrogens with one attached hydrogen (secondary N) is 2. The summed E-state index contributed by atoms with van der Waals surface area (Å²) in [5, 5.41) is 5.49. The highest BCUT2D eigenvalue weighted by molar-refractivity contribution is 5.94. The third-order valence-corrected chi connectivity index (χ3v) is 9.26. The van der Waals surface area contributed by atoms with Crippen molar-refractivity contribution in [3.8, 4) is 5.75 Å². The van der Waals surface area contributed by atoms with E-state index in [9.17, 15) is 27.6 Å². The molecule has 4 aliphatic rings. The first-order valence-electron chi connectivity index (χ1n) is 15.4. The van der Waals surface area contributed by atoms with Crippen LogP contribution in [0.5, 0.6) is 5.75 Å². The van der Waals surface area contributed by atoms with E-state index in [4.69, 9.17) is 15.2 Å². The summed E-state index contributed by atoms with van der Waals surface area (Å²) in [7, 11) is 0. The van der Waals surface area contributed by atoms with Crippen molar-refractivity contribution in [1.82, 2.24) is 20.4 Å². The molecule has 10 nitrogen and oxygen atoms in total. The van der Waals surface area contributed by atoms with E-state index < -0.39 is 36.1 Å². The average Bonchev–Trinajstić information content (AvgIpc) is 3.40. The second-order valence-corrected chi connectivity index (χ2v) is 12.1. The van der Waals surface area contributed by atoms with Crippen LogP contribution in [0, 0.1) is 5.92 Å². The van der Waals surface area contributed by atoms with Crippen molar-refractivity contribution in [2.24, 2.45) is 11.7 Å². The Kier molecular flexibility index (Phi) is 9.82. The summed E-state index contributed by atoms with van der Waals surface area (Å²) in [5.41, 5.74) is 6.07. The highest BCUT2D eigenvalue weighted by Gasteiger charge is 2.49. The summed E-state index contributed by atoms with van der Waals surface area (Å²) in [5.74, 6) is -1.99. The molecular formula is C30H42F3N5O5. The van der Waals surface area contributed by atoms with Gasteiger partial charge in [-0.15, -0.1) is 0 Å². The molecule has 4 N–H and O–H groups in total. The van der Waals surface area contributed by atoms with Crippen LogP contribution in [0.4, 0.5) is 13.2 Å². The second-order valence-electron chi connectivity index (χ2n) is 12.1. The van der Waals surface area contributed by atoms with Crippen LogP contribution in [0.25, 0.3) is 0 Å². The van der Waals surface area contributed by atoms with Gasteiger partial charge in [0.2, 0.25) is 17.7 Å². The lowest BCUT2D eigenvalue weighted by Crippen LogP contribution is -2.67. The Morgan fingerprint density at radius 3 is 2.56 bits per heavy atom. The molecule has 0 radical (unpaired) electrons. The zero-order valence-corrected chi connectivity index (χ0v) is 24.5. The summed E-state index contributed by atoms with van der Waals surface area (Å²) >= 11 is 0. The summed E-state index contributed by atoms with van der Waals surface area (Å²) in [6.45, 7) is 3.95. The number of fused-ring (bicyclic) bond motifs is 2. The largest absolute Gasteiger partial charge is 0.493 e. The van der Waals surface area contributed by atoms with Crippen molar-refractivity contribution in [2.45, 2.75) is 94.4 Å². The van der Waals surface area contributed by atoms with Crippen LogP contribution in [-0.2, 0) is 19.1 Å². The van der Waals surface area contributed by atoms with Crippen molar-refractivity contribution < 1.29 is 37.0 Å². The Bertz CT molecular complexity index is 1160. The topological polar surface area (TPSA) is 126 Å². The number of piperazine rings is 1. The number of alkyl halides is 3. The zero-order valence-electron chi connectivity index (χ0n) is 24.5. The van der Waals surface area contributed by atoms with E-state index in [0.717, 1.165) is 24.8 Å². The van der Waals surface area contributed by atoms with Gasteiger partial charge in [0.15, 0.2) is 6.04 Å². The minimum Gasteiger partial charge on any atom is -0.493 e. The molecule has 1 aromatic rings. The van der Waals surface area contributed by atoms with Crippen molar-refractivity contribution in [2.75, 3.05) is 32.8 Å². The molecule has 5 rings (SSSR count). The maximum atomic E-state index is 14.3. The van der Waals surface area contributed by atoms with E-state index >= 15 is 0 Å². The number of hydrogen-bond donors (Lipinski definition) is 3. The van der Waals surface area contributed by atoms with E-state index in [1.54, 1.807) is 0 Å². The van der Waals surface area contributed by atoms with Crippen LogP contribution in [-0.4, -0.2) is 96.8 Å². The Hall–Kier alpha value is -2.90. The van der Waals surface area contributed by atoms with Crippen LogP contribution in [0.3, 0.4) is 0 Å². The highest BCUT2D eigenvalue weighted by atomic mass is 19.4. The molecule has 1 aromatic carbocycles. The number of carbonyl (C=O) groups is 3. The number of para-hydroxylation sites is 1. The summed E-state index contributed by atoms with van der Waals surface area (Å²) < 4.78 is 51.6. The van der Waals surface area contributed by atoms with Crippen LogP contribution >= 0.6 is 0 Å². The number of amides is 3. The van der Waals surface area contributed by atoms with Crippen molar-refractivity contribution in [3.63, 3.8) is 0 Å². The Morgan fingerprint density at radius 1 is 1.09 bits per heavy atom. The van der Waals surface area contributed by atoms with Crippen molar-refractivity contribution in [1.29, 1.82) is 0 Å². The lowest BCUT2D eigenvalue weighted by Gasteiger charge is -2.45. The minimum absolute atomic E-state index is 0.0465. The van der Waals surface area contributed by atoms with Crippen molar-refractivity contribution >= 4 is 17.7 Å². The fraction of sp³-hybridized carbons (Fsp3) is 0.700. The zero-order chi connectivity index (χ0) is 30.7. The molecule has 13 heteroatoms. The smallest absolute Gasteiger partial charge is 0.412 e. The summed E-state index contributed by atoms with van der Waals surface area (Å²) in [6.07, 6.45) is -0.0512. The Labute approximate surface area is 249 Å². The molecule has 3 heterocycles. The summed E-state index contributed by atoms with van der Waals surface area (Å²) in [6, 6.07) is 2.20. The van der Waals surface area contributed by atoms with Crippen LogP contribution in [0.1, 0.15) is 63.5 Å². The normalized spacial score (nSPS) is 27.8. The van der Waals surface area contributed by atoms with Gasteiger partial charge in [0.25, 0.3) is 0 Å². The van der Waals surface area contributed by atoms with E-state index in [0.29, 0.717) is 51.2 Å². The SMILES string of the molecule is CCO[C@@H]1C[C@@H]2CN(C(=O)[C@@H](NC(=O)C(N)C(F)(F)F)C3CCCCC3)[C@H](C(=O)N[C@@H]3CCOc4ccccc43)CN2C1. The molecule has 3 amide bonds. The maximum Gasteiger partial charge on any atom is 0.412 e. The molecule has 2 saturated heterocycles. The molecule has 1 unspecified atom stereocenters. The molecule has 3 aliphatic heterocycles. The van der Waals surface area contributed by atoms with E-state index in [2.05, 4.69) is 15.5 Å². The molecule has 43 heavy (non-hydrogen) atoms. The number of ether oxygens (including phenoxy) is 2. The lowest BCUT2D eigenvalue weighted by atomic mass is 9.82. The van der Waals surface area contributed by atoms with Crippen LogP contribution in [0.15, 0.2) is 24.3 Å². The quantitative estimate of drug-likeness (QED) is 0.413. The fourth-order valence-electron chi connectivity index (χ4n) is 7.03. The average molecular weight is 610 g/mol. The molecule has 0 bridgehead atoms. The third-order valence-electron chi connectivity index (χ3n) is 9.26. The molecule has 238 valence electrons. The van der Waals surface area contributed by atoms with E-state index in [1.165, 1.54) is 4.90 Å². The number of rotatable bonds is 8. The van der Waals surface area contributed by atoms with Gasteiger partial charge < -0.3 is 30.7 Å². The predicted molar refractivity (Wildman–Crippen MR) is 151 cm³/mol. The third kappa shape index (κ3) is 7.09. The first-order chi connectivity index (χ1) is 20.6. The molecular weight excluding hydrogens is 567 g/mol. The number of nitrogens with two attached hydrogens (primary N) is 1. The van der Waals surface area contributed by atoms with Gasteiger partial charge in [0, 0.05) is 44.3 Å². The van der Waals surface area contributed by atoms with E-state index in [1.807, 2.05) is 31.2 Å². The molecule has 1 aliphatic carbocycles. The molecule has 3 fully saturated rings. The molecule has 0 spiro atoms. The van der Waals surface area contributed by atoms with Gasteiger partial charge in [0.05, 0.1) is 18.8 Å². The number of halogens is 3. The van der Waals surface area contributed by atoms with Crippen LogP contribution < -0.4 is 21.1 Å². The maximum absolute atomic E-state index is 14.3. The predicted octanol–water partition coefficient (Wildman–Crippen LogP) is 2.27. The first-order valence-corrected chi connectivity index (χ1v) is 15.4. The van der Waals surface area contributed by atoms with Gasteiger partial charge in [-0.05, 0) is 38.2 Å². The van der Waals surface area contributed by atoms with Gasteiger partial charge in [-0.25, -0.2) is 0 Å². The van der Waals surface area contributed by atoms with Crippen molar-refractivity contribution in [3.05, 3.63) is 29.8 Å². The fourth-order valence-corrected chi connectivity index (χ4v) is 7.03. The standard InChI is InChI=1S/C30H42F3N5O5/c1-2-42-20-14-19-15-38(29(41)25(18-8-4-3-5-9-18)36-28(40)26(34)30(31,32)33)23(17-37(19)16-20)27(39)35-22-12-13-43-24-11-7-6-10-21(22)24/h6-7,10-11,18-20,22-23,25-26H,2-5,8-9,12-17,34H2,1H3,(H,35,39)(H,36,40)/t19-,20-,22-,23+,25+,26?/m1/s1. The first kappa shape index (κ1) is 31.5. The van der Waals surface area contributed by atoms with E-state index in [-0.39, 0.29) is 43.1 Å². The number of carbonyl (C=O) groups excluding carboxylic acids is 3. The molecule has 1 saturated carbocycles. The lowest BCUT2D eigenvalue weighted by molar-refractivity contribution is -0.165. The van der Waals surface area contributed by atoms with Gasteiger partial charge in [0.1, 0.15) is 17.8 Å². The molecule has 6 atom stereocenters. The number of hydrogen-bond acceptors (Lipinski definition) is 7.